The normalized spacial score (nSPS) is 7.44. The number of carboxylic acid groups (broad SMARTS) is 1. The molecule has 0 aliphatic heterocycles. The number of hydrogen-bond acceptors (Lipinski definition) is 3. The number of halogens is 1. The average molecular weight is 244 g/mol. The van der Waals surface area contributed by atoms with Crippen molar-refractivity contribution in [3.8, 4) is 0 Å². The molecule has 4 nitrogen and oxygen atoms in total. The third kappa shape index (κ3) is 17.6. The van der Waals surface area contributed by atoms with Crippen LogP contribution < -0.4 is 0 Å². The van der Waals surface area contributed by atoms with Gasteiger partial charge in [0.05, 0.1) is 0 Å². The van der Waals surface area contributed by atoms with Crippen molar-refractivity contribution >= 4 is 35.1 Å². The number of carbonyl (C=O) groups is 1. The van der Waals surface area contributed by atoms with Crippen LogP contribution in [-0.2, 0) is 31.0 Å². The molecule has 2 N–H and O–H groups in total. The predicted octanol–water partition coefficient (Wildman–Crippen LogP) is -0.467. The van der Waals surface area contributed by atoms with E-state index in [9.17, 15) is 4.79 Å². The van der Waals surface area contributed by atoms with Crippen LogP contribution in [0.5, 0.6) is 0 Å². The van der Waals surface area contributed by atoms with Crippen molar-refractivity contribution in [2.75, 3.05) is 6.54 Å². The van der Waals surface area contributed by atoms with Gasteiger partial charge in [-0.1, -0.05) is 4.58 Å². The molecule has 0 aromatic carbocycles. The fourth-order valence-corrected chi connectivity index (χ4v) is 0.214. The molecule has 0 rings (SSSR count). The van der Waals surface area contributed by atoms with E-state index in [4.69, 9.17) is 10.3 Å². The number of hydrogen-bond donors (Lipinski definition) is 2. The van der Waals surface area contributed by atoms with Crippen molar-refractivity contribution in [3.63, 3.8) is 0 Å². The van der Waals surface area contributed by atoms with Crippen LogP contribution in [0.15, 0.2) is 0 Å². The minimum atomic E-state index is -1.17. The van der Waals surface area contributed by atoms with Crippen LogP contribution in [0.25, 0.3) is 0 Å². The molecule has 0 aliphatic carbocycles. The Morgan fingerprint density at radius 1 is 1.67 bits per heavy atom. The van der Waals surface area contributed by atoms with E-state index in [1.807, 2.05) is 0 Å². The summed E-state index contributed by atoms with van der Waals surface area (Å²) in [5, 5.41) is 15.7. The largest absolute Gasteiger partial charge is 3.00 e. The van der Waals surface area contributed by atoms with Crippen LogP contribution in [0.2, 0.25) is 0 Å². The summed E-state index contributed by atoms with van der Waals surface area (Å²) in [5.74, 6) is -1.17. The standard InChI is InChI=1S/C2H4ClNO3.Al.Zr/c3-4(7)1-2(5)6;;/h7H,1H2,(H,5,6);;/q;+3;+2. The molecule has 0 fully saturated rings. The molecule has 0 aromatic rings. The van der Waals surface area contributed by atoms with Gasteiger partial charge >= 0.3 is 49.5 Å². The minimum absolute atomic E-state index is 0. The van der Waals surface area contributed by atoms with Crippen LogP contribution >= 0.6 is 11.8 Å². The first kappa shape index (κ1) is 16.6. The van der Waals surface area contributed by atoms with Crippen LogP contribution in [-0.4, -0.2) is 44.8 Å². The summed E-state index contributed by atoms with van der Waals surface area (Å²) in [4.78, 5) is 9.52. The summed E-state index contributed by atoms with van der Waals surface area (Å²) < 4.78 is 0.0718. The number of aliphatic carboxylic acids is 1. The summed E-state index contributed by atoms with van der Waals surface area (Å²) in [6, 6.07) is 0. The zero-order valence-electron chi connectivity index (χ0n) is 4.41. The van der Waals surface area contributed by atoms with E-state index in [1.54, 1.807) is 0 Å². The summed E-state index contributed by atoms with van der Waals surface area (Å²) in [7, 11) is 0. The molecular formula is C2H4AlClNO3Zr+5. The van der Waals surface area contributed by atoms with Crippen LogP contribution in [0.4, 0.5) is 0 Å². The number of nitrogens with zero attached hydrogens (tertiary/aromatic N) is 1. The maximum atomic E-state index is 9.52. The fraction of sp³-hybridized carbons (Fsp3) is 0.500. The summed E-state index contributed by atoms with van der Waals surface area (Å²) in [5.41, 5.74) is 0. The first-order chi connectivity index (χ1) is 3.13. The molecule has 7 heteroatoms. The van der Waals surface area contributed by atoms with Gasteiger partial charge in [-0.3, -0.25) is 10.0 Å². The van der Waals surface area contributed by atoms with E-state index >= 15 is 0 Å². The van der Waals surface area contributed by atoms with E-state index in [0.29, 0.717) is 0 Å². The molecule has 0 saturated heterocycles. The van der Waals surface area contributed by atoms with Crippen molar-refractivity contribution in [3.05, 3.63) is 0 Å². The van der Waals surface area contributed by atoms with Crippen LogP contribution in [0.1, 0.15) is 0 Å². The molecular weight excluding hydrogens is 240 g/mol. The van der Waals surface area contributed by atoms with Gasteiger partial charge in [-0.25, -0.2) is 0 Å². The molecule has 44 valence electrons. The third-order valence-electron chi connectivity index (χ3n) is 0.266. The van der Waals surface area contributed by atoms with Gasteiger partial charge < -0.3 is 5.11 Å². The van der Waals surface area contributed by atoms with Gasteiger partial charge in [-0.15, -0.1) is 0 Å². The van der Waals surface area contributed by atoms with E-state index in [0.717, 1.165) is 0 Å². The Kier molecular flexibility index (Phi) is 16.8. The second-order valence-electron chi connectivity index (χ2n) is 0.888. The van der Waals surface area contributed by atoms with Gasteiger partial charge in [-0.2, -0.15) is 0 Å². The Morgan fingerprint density at radius 2 is 2.00 bits per heavy atom. The maximum absolute atomic E-state index is 9.52. The molecule has 0 heterocycles. The maximum Gasteiger partial charge on any atom is 3.00 e. The first-order valence-corrected chi connectivity index (χ1v) is 1.80. The second kappa shape index (κ2) is 9.10. The van der Waals surface area contributed by atoms with E-state index in [2.05, 4.69) is 11.8 Å². The second-order valence-corrected chi connectivity index (χ2v) is 1.28. The Morgan fingerprint density at radius 3 is 2.00 bits per heavy atom. The van der Waals surface area contributed by atoms with E-state index in [1.165, 1.54) is 0 Å². The molecule has 0 atom stereocenters. The van der Waals surface area contributed by atoms with Crippen LogP contribution in [0, 0.1) is 0 Å². The zero-order chi connectivity index (χ0) is 5.86. The zero-order valence-corrected chi connectivity index (χ0v) is 8.78. The molecule has 0 saturated carbocycles. The van der Waals surface area contributed by atoms with Crippen molar-refractivity contribution in [1.29, 1.82) is 0 Å². The Bertz CT molecular complexity index is 82.2. The molecule has 0 spiro atoms. The number of hydroxylamine groups is 1. The molecule has 0 bridgehead atoms. The number of carboxylic acids is 1. The molecule has 0 amide bonds. The molecule has 0 aromatic heterocycles. The smallest absolute Gasteiger partial charge is 0.480 e. The molecule has 0 radical (unpaired) electrons. The molecule has 0 aliphatic rings. The van der Waals surface area contributed by atoms with Crippen molar-refractivity contribution in [2.24, 2.45) is 0 Å². The average Bonchev–Trinajstić information content (AvgIpc) is 1.27. The Labute approximate surface area is 87.1 Å². The first-order valence-electron chi connectivity index (χ1n) is 1.47. The third-order valence-corrected chi connectivity index (χ3v) is 0.385. The van der Waals surface area contributed by atoms with Gasteiger partial charge in [0.2, 0.25) is 0 Å². The van der Waals surface area contributed by atoms with Crippen molar-refractivity contribution in [2.45, 2.75) is 0 Å². The summed E-state index contributed by atoms with van der Waals surface area (Å²) in [6.07, 6.45) is 0. The van der Waals surface area contributed by atoms with Gasteiger partial charge in [-0.05, 0) is 0 Å². The quantitative estimate of drug-likeness (QED) is 0.391. The van der Waals surface area contributed by atoms with Gasteiger partial charge in [0, 0.05) is 11.8 Å². The Balaban J connectivity index is -0.000000180. The van der Waals surface area contributed by atoms with Crippen molar-refractivity contribution < 1.29 is 41.3 Å². The number of rotatable bonds is 2. The monoisotopic (exact) mass is 242 g/mol. The molecule has 9 heavy (non-hydrogen) atoms. The minimum Gasteiger partial charge on any atom is -0.480 e. The van der Waals surface area contributed by atoms with Gasteiger partial charge in [0.25, 0.3) is 0 Å². The summed E-state index contributed by atoms with van der Waals surface area (Å²) >= 11 is 4.68. The van der Waals surface area contributed by atoms with Gasteiger partial charge in [0.15, 0.2) is 0 Å². The fourth-order valence-electron chi connectivity index (χ4n) is 0.112. The molecule has 0 unspecified atom stereocenters. The Hall–Kier alpha value is 1.10. The van der Waals surface area contributed by atoms with Crippen LogP contribution in [0.3, 0.4) is 0 Å². The predicted molar refractivity (Wildman–Crippen MR) is 27.7 cm³/mol. The van der Waals surface area contributed by atoms with E-state index < -0.39 is 12.5 Å². The topological polar surface area (TPSA) is 60.8 Å². The van der Waals surface area contributed by atoms with Gasteiger partial charge in [0.1, 0.15) is 6.54 Å². The SMILES string of the molecule is O=C(O)CN(O)Cl.[Al+3].[Zr+2]. The summed E-state index contributed by atoms with van der Waals surface area (Å²) in [6.45, 7) is -0.568. The van der Waals surface area contributed by atoms with E-state index in [-0.39, 0.29) is 48.1 Å². The van der Waals surface area contributed by atoms with Crippen molar-refractivity contribution in [1.82, 2.24) is 4.58 Å².